The number of carbonyl (C=O) groups excluding carboxylic acids is 1. The van der Waals surface area contributed by atoms with Gasteiger partial charge < -0.3 is 14.8 Å². The Morgan fingerprint density at radius 2 is 2.14 bits per heavy atom. The van der Waals surface area contributed by atoms with Crippen LogP contribution in [0.2, 0.25) is 0 Å². The number of benzene rings is 1. The van der Waals surface area contributed by atoms with E-state index in [2.05, 4.69) is 15.7 Å². The van der Waals surface area contributed by atoms with Crippen LogP contribution in [0.4, 0.5) is 10.6 Å². The number of fused-ring (bicyclic) bond motifs is 1. The SMILES string of the molecule is Cc1cc(NC(=O)NCCc2ccc3c(c2)OCO3)n(C)n1. The van der Waals surface area contributed by atoms with E-state index in [0.29, 0.717) is 18.8 Å². The first-order chi connectivity index (χ1) is 10.6. The lowest BCUT2D eigenvalue weighted by Gasteiger charge is -2.08. The summed E-state index contributed by atoms with van der Waals surface area (Å²) in [5, 5.41) is 9.76. The highest BCUT2D eigenvalue weighted by Gasteiger charge is 2.13. The average molecular weight is 302 g/mol. The molecule has 7 nitrogen and oxygen atoms in total. The van der Waals surface area contributed by atoms with Gasteiger partial charge in [0.2, 0.25) is 6.79 Å². The highest BCUT2D eigenvalue weighted by Crippen LogP contribution is 2.32. The summed E-state index contributed by atoms with van der Waals surface area (Å²) < 4.78 is 12.2. The summed E-state index contributed by atoms with van der Waals surface area (Å²) in [6, 6.07) is 7.36. The Morgan fingerprint density at radius 3 is 2.91 bits per heavy atom. The van der Waals surface area contributed by atoms with Crippen molar-refractivity contribution in [2.45, 2.75) is 13.3 Å². The Hall–Kier alpha value is -2.70. The summed E-state index contributed by atoms with van der Waals surface area (Å²) in [5.41, 5.74) is 1.94. The molecule has 0 aliphatic carbocycles. The van der Waals surface area contributed by atoms with Gasteiger partial charge in [-0.1, -0.05) is 6.07 Å². The van der Waals surface area contributed by atoms with E-state index in [1.165, 1.54) is 0 Å². The first kappa shape index (κ1) is 14.2. The van der Waals surface area contributed by atoms with Gasteiger partial charge >= 0.3 is 6.03 Å². The molecular weight excluding hydrogens is 284 g/mol. The second kappa shape index (κ2) is 5.97. The fraction of sp³-hybridized carbons (Fsp3) is 0.333. The molecule has 3 rings (SSSR count). The van der Waals surface area contributed by atoms with E-state index >= 15 is 0 Å². The summed E-state index contributed by atoms with van der Waals surface area (Å²) in [6.07, 6.45) is 0.717. The molecule has 1 aromatic carbocycles. The molecular formula is C15H18N4O3. The summed E-state index contributed by atoms with van der Waals surface area (Å²) in [6.45, 7) is 2.68. The van der Waals surface area contributed by atoms with Crippen LogP contribution in [-0.2, 0) is 13.5 Å². The van der Waals surface area contributed by atoms with Crippen LogP contribution in [0.25, 0.3) is 0 Å². The van der Waals surface area contributed by atoms with Crippen molar-refractivity contribution in [1.29, 1.82) is 0 Å². The van der Waals surface area contributed by atoms with E-state index in [9.17, 15) is 4.79 Å². The number of ether oxygens (including phenoxy) is 2. The first-order valence-corrected chi connectivity index (χ1v) is 7.06. The van der Waals surface area contributed by atoms with Crippen LogP contribution in [0.15, 0.2) is 24.3 Å². The van der Waals surface area contributed by atoms with Crippen LogP contribution in [0.5, 0.6) is 11.5 Å². The minimum absolute atomic E-state index is 0.247. The summed E-state index contributed by atoms with van der Waals surface area (Å²) in [7, 11) is 1.79. The third-order valence-corrected chi connectivity index (χ3v) is 3.38. The minimum atomic E-state index is -0.247. The zero-order chi connectivity index (χ0) is 15.5. The molecule has 2 N–H and O–H groups in total. The van der Waals surface area contributed by atoms with Crippen molar-refractivity contribution in [1.82, 2.24) is 15.1 Å². The number of amides is 2. The number of aryl methyl sites for hydroxylation is 2. The fourth-order valence-electron chi connectivity index (χ4n) is 2.30. The first-order valence-electron chi connectivity index (χ1n) is 7.06. The van der Waals surface area contributed by atoms with E-state index < -0.39 is 0 Å². The van der Waals surface area contributed by atoms with Gasteiger partial charge in [-0.2, -0.15) is 5.10 Å². The molecule has 1 aliphatic rings. The molecule has 116 valence electrons. The lowest BCUT2D eigenvalue weighted by Crippen LogP contribution is -2.31. The maximum Gasteiger partial charge on any atom is 0.320 e. The molecule has 0 fully saturated rings. The van der Waals surface area contributed by atoms with Gasteiger partial charge in [-0.05, 0) is 31.0 Å². The number of nitrogens with zero attached hydrogens (tertiary/aromatic N) is 2. The second-order valence-corrected chi connectivity index (χ2v) is 5.11. The van der Waals surface area contributed by atoms with Crippen LogP contribution in [-0.4, -0.2) is 29.1 Å². The molecule has 2 heterocycles. The molecule has 1 aromatic heterocycles. The van der Waals surface area contributed by atoms with Crippen molar-refractivity contribution in [3.05, 3.63) is 35.5 Å². The highest BCUT2D eigenvalue weighted by atomic mass is 16.7. The molecule has 0 spiro atoms. The van der Waals surface area contributed by atoms with Gasteiger partial charge in [-0.3, -0.25) is 10.00 Å². The smallest absolute Gasteiger partial charge is 0.320 e. The number of hydrogen-bond donors (Lipinski definition) is 2. The highest BCUT2D eigenvalue weighted by molar-refractivity contribution is 5.88. The minimum Gasteiger partial charge on any atom is -0.454 e. The monoisotopic (exact) mass is 302 g/mol. The predicted molar refractivity (Wildman–Crippen MR) is 81.2 cm³/mol. The molecule has 0 bridgehead atoms. The maximum absolute atomic E-state index is 11.8. The Morgan fingerprint density at radius 1 is 1.32 bits per heavy atom. The molecule has 1 aliphatic heterocycles. The van der Waals surface area contributed by atoms with E-state index in [-0.39, 0.29) is 12.8 Å². The molecule has 0 atom stereocenters. The number of urea groups is 1. The van der Waals surface area contributed by atoms with Crippen molar-refractivity contribution in [2.24, 2.45) is 7.05 Å². The lowest BCUT2D eigenvalue weighted by molar-refractivity contribution is 0.174. The van der Waals surface area contributed by atoms with Crippen LogP contribution in [0, 0.1) is 6.92 Å². The summed E-state index contributed by atoms with van der Waals surface area (Å²) in [5.74, 6) is 2.19. The predicted octanol–water partition coefficient (Wildman–Crippen LogP) is 1.82. The summed E-state index contributed by atoms with van der Waals surface area (Å²) in [4.78, 5) is 11.8. The van der Waals surface area contributed by atoms with E-state index in [0.717, 1.165) is 22.8 Å². The number of rotatable bonds is 4. The zero-order valence-corrected chi connectivity index (χ0v) is 12.5. The number of aromatic nitrogens is 2. The Labute approximate surface area is 128 Å². The lowest BCUT2D eigenvalue weighted by atomic mass is 10.1. The van der Waals surface area contributed by atoms with Gasteiger partial charge in [-0.25, -0.2) is 4.79 Å². The fourth-order valence-corrected chi connectivity index (χ4v) is 2.30. The Bertz CT molecular complexity index is 696. The molecule has 0 unspecified atom stereocenters. The molecule has 7 heteroatoms. The molecule has 0 saturated heterocycles. The third kappa shape index (κ3) is 3.13. The Kier molecular flexibility index (Phi) is 3.86. The summed E-state index contributed by atoms with van der Waals surface area (Å²) >= 11 is 0. The second-order valence-electron chi connectivity index (χ2n) is 5.11. The van der Waals surface area contributed by atoms with Crippen LogP contribution < -0.4 is 20.1 Å². The van der Waals surface area contributed by atoms with Gasteiger partial charge in [-0.15, -0.1) is 0 Å². The van der Waals surface area contributed by atoms with Crippen LogP contribution in [0.3, 0.4) is 0 Å². The number of carbonyl (C=O) groups is 1. The van der Waals surface area contributed by atoms with Gasteiger partial charge in [0.1, 0.15) is 5.82 Å². The standard InChI is InChI=1S/C15H18N4O3/c1-10-7-14(19(2)18-10)17-15(20)16-6-5-11-3-4-12-13(8-11)22-9-21-12/h3-4,7-8H,5-6,9H2,1-2H3,(H2,16,17,20). The van der Waals surface area contributed by atoms with Gasteiger partial charge in [0.25, 0.3) is 0 Å². The van der Waals surface area contributed by atoms with Gasteiger partial charge in [0, 0.05) is 19.7 Å². The zero-order valence-electron chi connectivity index (χ0n) is 12.5. The van der Waals surface area contributed by atoms with E-state index in [4.69, 9.17) is 9.47 Å². The van der Waals surface area contributed by atoms with Crippen LogP contribution in [0.1, 0.15) is 11.3 Å². The van der Waals surface area contributed by atoms with Crippen molar-refractivity contribution < 1.29 is 14.3 Å². The van der Waals surface area contributed by atoms with Crippen LogP contribution >= 0.6 is 0 Å². The Balaban J connectivity index is 1.48. The largest absolute Gasteiger partial charge is 0.454 e. The van der Waals surface area contributed by atoms with Gasteiger partial charge in [0.15, 0.2) is 11.5 Å². The molecule has 0 radical (unpaired) electrons. The van der Waals surface area contributed by atoms with Crippen molar-refractivity contribution in [3.8, 4) is 11.5 Å². The maximum atomic E-state index is 11.8. The van der Waals surface area contributed by atoms with Crippen molar-refractivity contribution in [2.75, 3.05) is 18.7 Å². The molecule has 22 heavy (non-hydrogen) atoms. The number of nitrogens with one attached hydrogen (secondary N) is 2. The van der Waals surface area contributed by atoms with E-state index in [1.54, 1.807) is 11.7 Å². The molecule has 0 saturated carbocycles. The number of hydrogen-bond acceptors (Lipinski definition) is 4. The quantitative estimate of drug-likeness (QED) is 0.903. The van der Waals surface area contributed by atoms with E-state index in [1.807, 2.05) is 31.2 Å². The average Bonchev–Trinajstić information content (AvgIpc) is 3.05. The van der Waals surface area contributed by atoms with Gasteiger partial charge in [0.05, 0.1) is 5.69 Å². The van der Waals surface area contributed by atoms with Crippen molar-refractivity contribution in [3.63, 3.8) is 0 Å². The normalized spacial score (nSPS) is 12.3. The van der Waals surface area contributed by atoms with Crippen molar-refractivity contribution >= 4 is 11.8 Å². The topological polar surface area (TPSA) is 77.4 Å². The number of anilines is 1. The third-order valence-electron chi connectivity index (χ3n) is 3.38. The molecule has 2 aromatic rings. The molecule has 2 amide bonds.